The second-order valence-electron chi connectivity index (χ2n) is 4.99. The molecule has 3 nitrogen and oxygen atoms in total. The molecule has 0 radical (unpaired) electrons. The highest BCUT2D eigenvalue weighted by Gasteiger charge is 2.36. The van der Waals surface area contributed by atoms with Gasteiger partial charge in [0.05, 0.1) is 13.2 Å². The molecule has 0 spiro atoms. The number of hydrogen-bond acceptors (Lipinski definition) is 3. The van der Waals surface area contributed by atoms with Crippen molar-refractivity contribution in [1.29, 1.82) is 0 Å². The van der Waals surface area contributed by atoms with E-state index in [9.17, 15) is 0 Å². The minimum atomic E-state index is 0.0489. The van der Waals surface area contributed by atoms with E-state index in [1.54, 1.807) is 7.11 Å². The van der Waals surface area contributed by atoms with Gasteiger partial charge in [0.25, 0.3) is 0 Å². The number of halogens is 1. The Kier molecular flexibility index (Phi) is 4.30. The molecule has 1 heterocycles. The molecule has 100 valence electrons. The predicted octanol–water partition coefficient (Wildman–Crippen LogP) is 3.11. The van der Waals surface area contributed by atoms with E-state index in [1.165, 1.54) is 0 Å². The largest absolute Gasteiger partial charge is 0.496 e. The summed E-state index contributed by atoms with van der Waals surface area (Å²) in [7, 11) is 1.70. The molecule has 0 bridgehead atoms. The lowest BCUT2D eigenvalue weighted by atomic mass is 9.94. The van der Waals surface area contributed by atoms with Crippen LogP contribution in [0, 0.1) is 0 Å². The summed E-state index contributed by atoms with van der Waals surface area (Å²) in [4.78, 5) is 0. The van der Waals surface area contributed by atoms with Gasteiger partial charge >= 0.3 is 0 Å². The van der Waals surface area contributed by atoms with Crippen LogP contribution in [0.2, 0.25) is 0 Å². The highest BCUT2D eigenvalue weighted by molar-refractivity contribution is 9.10. The Labute approximate surface area is 117 Å². The fourth-order valence-electron chi connectivity index (χ4n) is 2.25. The van der Waals surface area contributed by atoms with Crippen molar-refractivity contribution in [3.05, 3.63) is 28.2 Å². The van der Waals surface area contributed by atoms with Gasteiger partial charge in [-0.15, -0.1) is 0 Å². The minimum Gasteiger partial charge on any atom is -0.496 e. The molecule has 2 atom stereocenters. The standard InChI is InChI=1S/C14H20BrNO2/c1-10-14(2,6-7-18-10)16-9-11-8-12(15)4-5-13(11)17-3/h4-5,8,10,16H,6-7,9H2,1-3H3. The number of nitrogens with one attached hydrogen (secondary N) is 1. The molecule has 0 aromatic heterocycles. The number of hydrogen-bond donors (Lipinski definition) is 1. The Hall–Kier alpha value is -0.580. The van der Waals surface area contributed by atoms with Gasteiger partial charge in [-0.2, -0.15) is 0 Å². The zero-order chi connectivity index (χ0) is 13.2. The van der Waals surface area contributed by atoms with Crippen LogP contribution in [0.5, 0.6) is 5.75 Å². The van der Waals surface area contributed by atoms with Gasteiger partial charge in [0.1, 0.15) is 5.75 Å². The molecule has 1 saturated heterocycles. The van der Waals surface area contributed by atoms with E-state index in [4.69, 9.17) is 9.47 Å². The highest BCUT2D eigenvalue weighted by atomic mass is 79.9. The molecule has 2 unspecified atom stereocenters. The molecule has 0 amide bonds. The fourth-order valence-corrected chi connectivity index (χ4v) is 2.66. The molecule has 1 aromatic rings. The van der Waals surface area contributed by atoms with Crippen molar-refractivity contribution >= 4 is 15.9 Å². The third-order valence-electron chi connectivity index (χ3n) is 3.81. The number of ether oxygens (including phenoxy) is 2. The molecule has 1 aliphatic rings. The summed E-state index contributed by atoms with van der Waals surface area (Å²) < 4.78 is 12.1. The topological polar surface area (TPSA) is 30.5 Å². The summed E-state index contributed by atoms with van der Waals surface area (Å²) in [6.07, 6.45) is 1.29. The normalized spacial score (nSPS) is 27.4. The van der Waals surface area contributed by atoms with Gasteiger partial charge in [0.15, 0.2) is 0 Å². The van der Waals surface area contributed by atoms with Gasteiger partial charge in [-0.25, -0.2) is 0 Å². The lowest BCUT2D eigenvalue weighted by Crippen LogP contribution is -2.47. The average molecular weight is 314 g/mol. The Balaban J connectivity index is 2.08. The molecule has 18 heavy (non-hydrogen) atoms. The van der Waals surface area contributed by atoms with Gasteiger partial charge in [-0.1, -0.05) is 15.9 Å². The van der Waals surface area contributed by atoms with Crippen molar-refractivity contribution in [3.63, 3.8) is 0 Å². The third kappa shape index (κ3) is 2.87. The number of benzene rings is 1. The molecule has 2 rings (SSSR count). The van der Waals surface area contributed by atoms with Crippen molar-refractivity contribution in [1.82, 2.24) is 5.32 Å². The van der Waals surface area contributed by atoms with Crippen LogP contribution in [0.15, 0.2) is 22.7 Å². The highest BCUT2D eigenvalue weighted by Crippen LogP contribution is 2.28. The van der Waals surface area contributed by atoms with E-state index in [0.717, 1.165) is 35.4 Å². The summed E-state index contributed by atoms with van der Waals surface area (Å²) in [5.41, 5.74) is 1.21. The molecule has 0 saturated carbocycles. The third-order valence-corrected chi connectivity index (χ3v) is 4.30. The van der Waals surface area contributed by atoms with Crippen molar-refractivity contribution in [2.45, 2.75) is 38.5 Å². The van der Waals surface area contributed by atoms with Crippen LogP contribution in [-0.2, 0) is 11.3 Å². The zero-order valence-electron chi connectivity index (χ0n) is 11.1. The lowest BCUT2D eigenvalue weighted by molar-refractivity contribution is 0.0880. The molecular weight excluding hydrogens is 294 g/mol. The van der Waals surface area contributed by atoms with Crippen LogP contribution >= 0.6 is 15.9 Å². The van der Waals surface area contributed by atoms with Crippen LogP contribution in [0.4, 0.5) is 0 Å². The second-order valence-corrected chi connectivity index (χ2v) is 5.91. The van der Waals surface area contributed by atoms with Crippen LogP contribution < -0.4 is 10.1 Å². The first-order valence-corrected chi connectivity index (χ1v) is 7.03. The molecular formula is C14H20BrNO2. The van der Waals surface area contributed by atoms with Crippen molar-refractivity contribution in [3.8, 4) is 5.75 Å². The Morgan fingerprint density at radius 2 is 2.33 bits per heavy atom. The molecule has 1 fully saturated rings. The maximum absolute atomic E-state index is 5.63. The monoisotopic (exact) mass is 313 g/mol. The number of rotatable bonds is 4. The molecule has 0 aliphatic carbocycles. The summed E-state index contributed by atoms with van der Waals surface area (Å²) in [5, 5.41) is 3.60. The lowest BCUT2D eigenvalue weighted by Gasteiger charge is -2.29. The second kappa shape index (κ2) is 5.59. The van der Waals surface area contributed by atoms with E-state index in [-0.39, 0.29) is 11.6 Å². The van der Waals surface area contributed by atoms with Gasteiger partial charge < -0.3 is 14.8 Å². The Morgan fingerprint density at radius 1 is 1.56 bits per heavy atom. The van der Waals surface area contributed by atoms with E-state index in [0.29, 0.717) is 0 Å². The summed E-state index contributed by atoms with van der Waals surface area (Å²) in [6, 6.07) is 6.07. The smallest absolute Gasteiger partial charge is 0.123 e. The first-order valence-electron chi connectivity index (χ1n) is 6.24. The van der Waals surface area contributed by atoms with Gasteiger partial charge in [-0.05, 0) is 38.5 Å². The summed E-state index contributed by atoms with van der Waals surface area (Å²) in [6.45, 7) is 5.96. The van der Waals surface area contributed by atoms with Gasteiger partial charge in [0.2, 0.25) is 0 Å². The van der Waals surface area contributed by atoms with Crippen molar-refractivity contribution in [2.24, 2.45) is 0 Å². The van der Waals surface area contributed by atoms with Crippen LogP contribution in [0.1, 0.15) is 25.8 Å². The van der Waals surface area contributed by atoms with Gasteiger partial charge in [-0.3, -0.25) is 0 Å². The van der Waals surface area contributed by atoms with Crippen LogP contribution in [0.25, 0.3) is 0 Å². The maximum Gasteiger partial charge on any atom is 0.123 e. The number of methoxy groups -OCH3 is 1. The van der Waals surface area contributed by atoms with E-state index in [2.05, 4.69) is 41.2 Å². The SMILES string of the molecule is COc1ccc(Br)cc1CNC1(C)CCOC1C. The van der Waals surface area contributed by atoms with Crippen molar-refractivity contribution < 1.29 is 9.47 Å². The zero-order valence-corrected chi connectivity index (χ0v) is 12.7. The molecule has 1 N–H and O–H groups in total. The van der Waals surface area contributed by atoms with Gasteiger partial charge in [0, 0.05) is 28.7 Å². The summed E-state index contributed by atoms with van der Waals surface area (Å²) >= 11 is 3.50. The van der Waals surface area contributed by atoms with E-state index in [1.807, 2.05) is 12.1 Å². The minimum absolute atomic E-state index is 0.0489. The molecule has 1 aliphatic heterocycles. The fraction of sp³-hybridized carbons (Fsp3) is 0.571. The van der Waals surface area contributed by atoms with E-state index >= 15 is 0 Å². The Morgan fingerprint density at radius 3 is 2.94 bits per heavy atom. The molecule has 1 aromatic carbocycles. The first-order chi connectivity index (χ1) is 8.55. The van der Waals surface area contributed by atoms with Crippen LogP contribution in [-0.4, -0.2) is 25.4 Å². The molecule has 4 heteroatoms. The van der Waals surface area contributed by atoms with Crippen molar-refractivity contribution in [2.75, 3.05) is 13.7 Å². The predicted molar refractivity (Wildman–Crippen MR) is 76.0 cm³/mol. The maximum atomic E-state index is 5.63. The summed E-state index contributed by atoms with van der Waals surface area (Å²) in [5.74, 6) is 0.917. The van der Waals surface area contributed by atoms with E-state index < -0.39 is 0 Å². The first kappa shape index (κ1) is 13.8. The van der Waals surface area contributed by atoms with Crippen LogP contribution in [0.3, 0.4) is 0 Å². The Bertz CT molecular complexity index is 424. The average Bonchev–Trinajstić information content (AvgIpc) is 2.68. The quantitative estimate of drug-likeness (QED) is 0.926.